The summed E-state index contributed by atoms with van der Waals surface area (Å²) >= 11 is 6.24. The minimum Gasteiger partial charge on any atom is -0.494 e. The average molecular weight is 333 g/mol. The van der Waals surface area contributed by atoms with Crippen LogP contribution in [-0.4, -0.2) is 28.2 Å². The number of H-pyrrole nitrogens is 1. The third-order valence-electron chi connectivity index (χ3n) is 4.76. The molecule has 1 fully saturated rings. The standard InChI is InChI=1S/C16H17ClN4O2/c1-23-12-7-18-11(6-10(12)17)9-5-13(22)19-16-14(9)15(20-21-16)8-3-2-4-8/h6-9H,2-5H2,1H3,(H2,19,20,21,22). The van der Waals surface area contributed by atoms with Crippen LogP contribution in [0.2, 0.25) is 5.02 Å². The summed E-state index contributed by atoms with van der Waals surface area (Å²) in [6.07, 6.45) is 5.51. The molecule has 4 rings (SSSR count). The van der Waals surface area contributed by atoms with Crippen molar-refractivity contribution in [2.45, 2.75) is 37.5 Å². The van der Waals surface area contributed by atoms with Gasteiger partial charge in [0.2, 0.25) is 5.91 Å². The van der Waals surface area contributed by atoms with Crippen molar-refractivity contribution in [1.82, 2.24) is 15.2 Å². The van der Waals surface area contributed by atoms with E-state index < -0.39 is 0 Å². The molecule has 6 nitrogen and oxygen atoms in total. The van der Waals surface area contributed by atoms with Gasteiger partial charge in [-0.1, -0.05) is 18.0 Å². The Balaban J connectivity index is 1.79. The Morgan fingerprint density at radius 3 is 2.87 bits per heavy atom. The van der Waals surface area contributed by atoms with Crippen molar-refractivity contribution in [3.63, 3.8) is 0 Å². The molecule has 2 aliphatic rings. The topological polar surface area (TPSA) is 79.9 Å². The zero-order chi connectivity index (χ0) is 16.0. The van der Waals surface area contributed by atoms with Gasteiger partial charge in [-0.25, -0.2) is 0 Å². The summed E-state index contributed by atoms with van der Waals surface area (Å²) in [5.74, 6) is 1.47. The number of anilines is 1. The fraction of sp³-hybridized carbons (Fsp3) is 0.438. The van der Waals surface area contributed by atoms with Crippen LogP contribution in [0.1, 0.15) is 54.5 Å². The quantitative estimate of drug-likeness (QED) is 0.904. The first-order valence-corrected chi connectivity index (χ1v) is 8.12. The van der Waals surface area contributed by atoms with E-state index in [0.29, 0.717) is 28.9 Å². The lowest BCUT2D eigenvalue weighted by Crippen LogP contribution is -2.25. The van der Waals surface area contributed by atoms with E-state index in [4.69, 9.17) is 16.3 Å². The Bertz CT molecular complexity index is 769. The van der Waals surface area contributed by atoms with Crippen LogP contribution in [0, 0.1) is 0 Å². The van der Waals surface area contributed by atoms with Crippen molar-refractivity contribution in [2.75, 3.05) is 12.4 Å². The number of nitrogens with one attached hydrogen (secondary N) is 2. The molecular weight excluding hydrogens is 316 g/mol. The third kappa shape index (κ3) is 2.37. The van der Waals surface area contributed by atoms with Crippen molar-refractivity contribution in [3.8, 4) is 5.75 Å². The predicted octanol–water partition coefficient (Wildman–Crippen LogP) is 3.21. The molecule has 0 radical (unpaired) electrons. The second kappa shape index (κ2) is 5.53. The second-order valence-corrected chi connectivity index (χ2v) is 6.48. The molecule has 1 unspecified atom stereocenters. The molecule has 1 saturated carbocycles. The van der Waals surface area contributed by atoms with Crippen molar-refractivity contribution in [3.05, 3.63) is 34.2 Å². The Morgan fingerprint density at radius 2 is 2.22 bits per heavy atom. The smallest absolute Gasteiger partial charge is 0.226 e. The fourth-order valence-electron chi connectivity index (χ4n) is 3.32. The van der Waals surface area contributed by atoms with Crippen molar-refractivity contribution in [2.24, 2.45) is 0 Å². The van der Waals surface area contributed by atoms with Gasteiger partial charge in [0.15, 0.2) is 11.6 Å². The molecule has 1 atom stereocenters. The number of aromatic amines is 1. The van der Waals surface area contributed by atoms with Gasteiger partial charge in [-0.2, -0.15) is 5.10 Å². The number of rotatable bonds is 3. The van der Waals surface area contributed by atoms with Crippen LogP contribution in [0.25, 0.3) is 0 Å². The Morgan fingerprint density at radius 1 is 1.39 bits per heavy atom. The van der Waals surface area contributed by atoms with Crippen LogP contribution >= 0.6 is 11.6 Å². The van der Waals surface area contributed by atoms with Gasteiger partial charge in [0.05, 0.1) is 24.0 Å². The maximum atomic E-state index is 12.0. The number of methoxy groups -OCH3 is 1. The van der Waals surface area contributed by atoms with E-state index in [9.17, 15) is 4.79 Å². The molecule has 3 heterocycles. The van der Waals surface area contributed by atoms with E-state index in [1.165, 1.54) is 6.42 Å². The zero-order valence-corrected chi connectivity index (χ0v) is 13.5. The lowest BCUT2D eigenvalue weighted by Gasteiger charge is -2.29. The number of ether oxygens (including phenoxy) is 1. The van der Waals surface area contributed by atoms with Gasteiger partial charge in [-0.05, 0) is 18.9 Å². The average Bonchev–Trinajstić information content (AvgIpc) is 2.88. The van der Waals surface area contributed by atoms with Crippen LogP contribution in [0.15, 0.2) is 12.3 Å². The summed E-state index contributed by atoms with van der Waals surface area (Å²) in [6, 6.07) is 1.78. The molecule has 0 spiro atoms. The predicted molar refractivity (Wildman–Crippen MR) is 86.1 cm³/mol. The highest BCUT2D eigenvalue weighted by Gasteiger charge is 2.36. The Labute approximate surface area is 138 Å². The summed E-state index contributed by atoms with van der Waals surface area (Å²) < 4.78 is 5.16. The lowest BCUT2D eigenvalue weighted by molar-refractivity contribution is -0.116. The zero-order valence-electron chi connectivity index (χ0n) is 12.7. The minimum absolute atomic E-state index is 0.0529. The molecule has 23 heavy (non-hydrogen) atoms. The van der Waals surface area contributed by atoms with Crippen molar-refractivity contribution >= 4 is 23.3 Å². The van der Waals surface area contributed by atoms with Gasteiger partial charge >= 0.3 is 0 Å². The number of pyridine rings is 1. The highest BCUT2D eigenvalue weighted by atomic mass is 35.5. The van der Waals surface area contributed by atoms with Crippen molar-refractivity contribution < 1.29 is 9.53 Å². The van der Waals surface area contributed by atoms with Gasteiger partial charge in [0.1, 0.15) is 0 Å². The molecule has 120 valence electrons. The van der Waals surface area contributed by atoms with Crippen LogP contribution in [0.4, 0.5) is 5.82 Å². The summed E-state index contributed by atoms with van der Waals surface area (Å²) in [4.78, 5) is 16.5. The van der Waals surface area contributed by atoms with Gasteiger partial charge in [0.25, 0.3) is 0 Å². The number of aromatic nitrogens is 3. The molecule has 7 heteroatoms. The Kier molecular flexibility index (Phi) is 3.49. The summed E-state index contributed by atoms with van der Waals surface area (Å²) in [7, 11) is 1.56. The number of amides is 1. The van der Waals surface area contributed by atoms with Gasteiger partial charge < -0.3 is 10.1 Å². The van der Waals surface area contributed by atoms with Crippen LogP contribution in [0.5, 0.6) is 5.75 Å². The molecule has 0 bridgehead atoms. The molecule has 1 aliphatic heterocycles. The summed E-state index contributed by atoms with van der Waals surface area (Å²) in [6.45, 7) is 0. The SMILES string of the molecule is COc1cnc(C2CC(=O)Nc3n[nH]c(C4CCC4)c32)cc1Cl. The number of hydrogen-bond donors (Lipinski definition) is 2. The summed E-state index contributed by atoms with van der Waals surface area (Å²) in [5, 5.41) is 10.8. The molecule has 2 N–H and O–H groups in total. The fourth-order valence-corrected chi connectivity index (χ4v) is 3.55. The monoisotopic (exact) mass is 332 g/mol. The molecule has 0 aromatic carbocycles. The number of halogens is 1. The molecular formula is C16H17ClN4O2. The molecule has 1 aliphatic carbocycles. The van der Waals surface area contributed by atoms with Crippen LogP contribution in [-0.2, 0) is 4.79 Å². The largest absolute Gasteiger partial charge is 0.494 e. The number of carbonyl (C=O) groups is 1. The first-order valence-electron chi connectivity index (χ1n) is 7.74. The third-order valence-corrected chi connectivity index (χ3v) is 5.06. The molecule has 2 aromatic heterocycles. The number of fused-ring (bicyclic) bond motifs is 1. The molecule has 1 amide bonds. The van der Waals surface area contributed by atoms with E-state index in [1.54, 1.807) is 19.4 Å². The highest BCUT2D eigenvalue weighted by Crippen LogP contribution is 2.45. The van der Waals surface area contributed by atoms with Gasteiger partial charge in [-0.3, -0.25) is 14.9 Å². The van der Waals surface area contributed by atoms with E-state index in [2.05, 4.69) is 20.5 Å². The lowest BCUT2D eigenvalue weighted by atomic mass is 9.77. The van der Waals surface area contributed by atoms with E-state index in [1.807, 2.05) is 0 Å². The number of hydrogen-bond acceptors (Lipinski definition) is 4. The van der Waals surface area contributed by atoms with E-state index >= 15 is 0 Å². The van der Waals surface area contributed by atoms with Crippen LogP contribution in [0.3, 0.4) is 0 Å². The maximum Gasteiger partial charge on any atom is 0.226 e. The Hall–Kier alpha value is -2.08. The maximum absolute atomic E-state index is 12.0. The van der Waals surface area contributed by atoms with E-state index in [-0.39, 0.29) is 11.8 Å². The first-order chi connectivity index (χ1) is 11.2. The van der Waals surface area contributed by atoms with E-state index in [0.717, 1.165) is 29.8 Å². The summed E-state index contributed by atoms with van der Waals surface area (Å²) in [5.41, 5.74) is 2.96. The number of nitrogens with zero attached hydrogens (tertiary/aromatic N) is 2. The van der Waals surface area contributed by atoms with Gasteiger partial charge in [0, 0.05) is 29.5 Å². The highest BCUT2D eigenvalue weighted by molar-refractivity contribution is 6.32. The normalized spacial score (nSPS) is 20.6. The molecule has 0 saturated heterocycles. The van der Waals surface area contributed by atoms with Crippen molar-refractivity contribution in [1.29, 1.82) is 0 Å². The minimum atomic E-state index is -0.128. The number of carbonyl (C=O) groups excluding carboxylic acids is 1. The van der Waals surface area contributed by atoms with Crippen LogP contribution < -0.4 is 10.1 Å². The molecule has 2 aromatic rings. The first kappa shape index (κ1) is 14.5. The second-order valence-electron chi connectivity index (χ2n) is 6.08. The van der Waals surface area contributed by atoms with Gasteiger partial charge in [-0.15, -0.1) is 0 Å².